The van der Waals surface area contributed by atoms with Crippen LogP contribution < -0.4 is 0 Å². The SMILES string of the molecule is COCc1nc(CN2CC[C@@]3(O)CCN(C(=O)N4CCCC4)C[C@H]3C2)no1. The standard InChI is InChI=1S/C18H29N5O4/c1-26-13-16-19-15(20-27-16)12-21-8-4-18(25)5-9-23(11-14(18)10-21)17(24)22-6-2-3-7-22/h14,25H,2-13H2,1H3/t14-,18-/m1/s1. The van der Waals surface area contributed by atoms with Crippen LogP contribution in [0, 0.1) is 5.92 Å². The molecule has 4 heterocycles. The Morgan fingerprint density at radius 1 is 1.22 bits per heavy atom. The van der Waals surface area contributed by atoms with Gasteiger partial charge in [0.25, 0.3) is 5.89 Å². The number of fused-ring (bicyclic) bond motifs is 1. The molecule has 3 aliphatic heterocycles. The maximum absolute atomic E-state index is 12.7. The molecule has 0 bridgehead atoms. The van der Waals surface area contributed by atoms with Crippen molar-refractivity contribution in [3.05, 3.63) is 11.7 Å². The molecule has 0 aliphatic carbocycles. The molecule has 9 heteroatoms. The third-order valence-electron chi connectivity index (χ3n) is 6.14. The van der Waals surface area contributed by atoms with Gasteiger partial charge in [0.2, 0.25) is 0 Å². The van der Waals surface area contributed by atoms with Gasteiger partial charge in [-0.25, -0.2) is 4.79 Å². The number of ether oxygens (including phenoxy) is 1. The monoisotopic (exact) mass is 379 g/mol. The Morgan fingerprint density at radius 3 is 2.78 bits per heavy atom. The summed E-state index contributed by atoms with van der Waals surface area (Å²) in [6.45, 7) is 5.39. The van der Waals surface area contributed by atoms with Crippen molar-refractivity contribution in [2.75, 3.05) is 46.4 Å². The first kappa shape index (κ1) is 18.6. The highest BCUT2D eigenvalue weighted by atomic mass is 16.5. The van der Waals surface area contributed by atoms with Crippen LogP contribution in [0.5, 0.6) is 0 Å². The van der Waals surface area contributed by atoms with E-state index in [1.165, 1.54) is 0 Å². The van der Waals surface area contributed by atoms with Crippen LogP contribution in [0.15, 0.2) is 4.52 Å². The van der Waals surface area contributed by atoms with Crippen LogP contribution in [0.2, 0.25) is 0 Å². The predicted octanol–water partition coefficient (Wildman–Crippen LogP) is 0.691. The van der Waals surface area contributed by atoms with Crippen molar-refractivity contribution >= 4 is 6.03 Å². The third-order valence-corrected chi connectivity index (χ3v) is 6.14. The molecule has 27 heavy (non-hydrogen) atoms. The normalized spacial score (nSPS) is 29.2. The number of piperidine rings is 2. The molecule has 0 saturated carbocycles. The van der Waals surface area contributed by atoms with E-state index in [0.717, 1.165) is 39.0 Å². The van der Waals surface area contributed by atoms with E-state index in [2.05, 4.69) is 15.0 Å². The minimum atomic E-state index is -0.670. The van der Waals surface area contributed by atoms with Crippen LogP contribution in [-0.4, -0.2) is 88.0 Å². The first-order chi connectivity index (χ1) is 13.1. The van der Waals surface area contributed by atoms with Gasteiger partial charge in [-0.1, -0.05) is 5.16 Å². The van der Waals surface area contributed by atoms with E-state index in [0.29, 0.717) is 50.8 Å². The number of carbonyl (C=O) groups excluding carboxylic acids is 1. The second-order valence-corrected chi connectivity index (χ2v) is 8.00. The number of hydrogen-bond acceptors (Lipinski definition) is 7. The van der Waals surface area contributed by atoms with Gasteiger partial charge in [0.05, 0.1) is 12.1 Å². The van der Waals surface area contributed by atoms with Crippen LogP contribution in [0.4, 0.5) is 4.79 Å². The Bertz CT molecular complexity index is 662. The Balaban J connectivity index is 1.37. The van der Waals surface area contributed by atoms with E-state index in [1.54, 1.807) is 7.11 Å². The van der Waals surface area contributed by atoms with Gasteiger partial charge in [-0.2, -0.15) is 4.98 Å². The van der Waals surface area contributed by atoms with Crippen LogP contribution in [-0.2, 0) is 17.9 Å². The van der Waals surface area contributed by atoms with Gasteiger partial charge in [0.15, 0.2) is 5.82 Å². The topological polar surface area (TPSA) is 95.2 Å². The van der Waals surface area contributed by atoms with Crippen LogP contribution in [0.25, 0.3) is 0 Å². The molecule has 0 aromatic carbocycles. The van der Waals surface area contributed by atoms with E-state index < -0.39 is 5.60 Å². The van der Waals surface area contributed by atoms with Gasteiger partial charge in [-0.05, 0) is 25.7 Å². The summed E-state index contributed by atoms with van der Waals surface area (Å²) in [5, 5.41) is 15.1. The quantitative estimate of drug-likeness (QED) is 0.822. The fraction of sp³-hybridized carbons (Fsp3) is 0.833. The summed E-state index contributed by atoms with van der Waals surface area (Å²) in [5.74, 6) is 1.16. The number of nitrogens with zero attached hydrogens (tertiary/aromatic N) is 5. The van der Waals surface area contributed by atoms with Crippen molar-refractivity contribution in [1.82, 2.24) is 24.8 Å². The molecule has 3 saturated heterocycles. The fourth-order valence-corrected chi connectivity index (χ4v) is 4.53. The average Bonchev–Trinajstić information content (AvgIpc) is 3.34. The molecule has 9 nitrogen and oxygen atoms in total. The number of amides is 2. The van der Waals surface area contributed by atoms with Crippen molar-refractivity contribution in [2.24, 2.45) is 5.92 Å². The molecule has 0 unspecified atom stereocenters. The summed E-state index contributed by atoms with van der Waals surface area (Å²) in [4.78, 5) is 23.2. The van der Waals surface area contributed by atoms with Crippen molar-refractivity contribution in [2.45, 2.75) is 44.4 Å². The molecule has 4 rings (SSSR count). The van der Waals surface area contributed by atoms with Gasteiger partial charge in [-0.3, -0.25) is 4.90 Å². The maximum atomic E-state index is 12.7. The third kappa shape index (κ3) is 3.95. The largest absolute Gasteiger partial charge is 0.389 e. The van der Waals surface area contributed by atoms with Gasteiger partial charge in [-0.15, -0.1) is 0 Å². The Kier molecular flexibility index (Phi) is 5.34. The number of aromatic nitrogens is 2. The molecule has 150 valence electrons. The summed E-state index contributed by atoms with van der Waals surface area (Å²) in [6, 6.07) is 0.133. The lowest BCUT2D eigenvalue weighted by molar-refractivity contribution is -0.109. The lowest BCUT2D eigenvalue weighted by Gasteiger charge is -2.50. The number of likely N-dealkylation sites (tertiary alicyclic amines) is 3. The summed E-state index contributed by atoms with van der Waals surface area (Å²) >= 11 is 0. The van der Waals surface area contributed by atoms with Crippen molar-refractivity contribution in [3.63, 3.8) is 0 Å². The van der Waals surface area contributed by atoms with Gasteiger partial charge in [0.1, 0.15) is 6.61 Å². The second-order valence-electron chi connectivity index (χ2n) is 8.00. The maximum Gasteiger partial charge on any atom is 0.320 e. The highest BCUT2D eigenvalue weighted by Crippen LogP contribution is 2.36. The first-order valence-corrected chi connectivity index (χ1v) is 9.86. The predicted molar refractivity (Wildman–Crippen MR) is 95.7 cm³/mol. The highest BCUT2D eigenvalue weighted by Gasteiger charge is 2.46. The molecular formula is C18H29N5O4. The molecule has 1 aromatic rings. The highest BCUT2D eigenvalue weighted by molar-refractivity contribution is 5.74. The van der Waals surface area contributed by atoms with Crippen LogP contribution >= 0.6 is 0 Å². The Labute approximate surface area is 159 Å². The Hall–Kier alpha value is -1.71. The number of aliphatic hydroxyl groups is 1. The second kappa shape index (κ2) is 7.73. The van der Waals surface area contributed by atoms with Crippen molar-refractivity contribution in [1.29, 1.82) is 0 Å². The molecule has 0 spiro atoms. The van der Waals surface area contributed by atoms with E-state index in [9.17, 15) is 9.90 Å². The average molecular weight is 379 g/mol. The van der Waals surface area contributed by atoms with Crippen LogP contribution in [0.3, 0.4) is 0 Å². The van der Waals surface area contributed by atoms with Crippen molar-refractivity contribution in [3.8, 4) is 0 Å². The Morgan fingerprint density at radius 2 is 2.00 bits per heavy atom. The lowest BCUT2D eigenvalue weighted by atomic mass is 9.75. The zero-order valence-electron chi connectivity index (χ0n) is 16.0. The van der Waals surface area contributed by atoms with E-state index in [4.69, 9.17) is 9.26 Å². The molecule has 1 N–H and O–H groups in total. The molecule has 3 aliphatic rings. The number of methoxy groups -OCH3 is 1. The molecular weight excluding hydrogens is 350 g/mol. The van der Waals surface area contributed by atoms with Gasteiger partial charge >= 0.3 is 6.03 Å². The molecule has 2 amide bonds. The van der Waals surface area contributed by atoms with Crippen molar-refractivity contribution < 1.29 is 19.2 Å². The molecule has 0 radical (unpaired) electrons. The molecule has 3 fully saturated rings. The van der Waals surface area contributed by atoms with E-state index >= 15 is 0 Å². The summed E-state index contributed by atoms with van der Waals surface area (Å²) in [5.41, 5.74) is -0.670. The summed E-state index contributed by atoms with van der Waals surface area (Å²) in [6.07, 6.45) is 3.56. The van der Waals surface area contributed by atoms with Gasteiger partial charge in [0, 0.05) is 52.3 Å². The lowest BCUT2D eigenvalue weighted by Crippen LogP contribution is -2.61. The number of urea groups is 1. The first-order valence-electron chi connectivity index (χ1n) is 9.86. The zero-order valence-corrected chi connectivity index (χ0v) is 16.0. The minimum absolute atomic E-state index is 0.0527. The molecule has 2 atom stereocenters. The zero-order chi connectivity index (χ0) is 18.9. The fourth-order valence-electron chi connectivity index (χ4n) is 4.53. The smallest absolute Gasteiger partial charge is 0.320 e. The summed E-state index contributed by atoms with van der Waals surface area (Å²) < 4.78 is 10.2. The van der Waals surface area contributed by atoms with E-state index in [1.807, 2.05) is 9.80 Å². The number of hydrogen-bond donors (Lipinski definition) is 1. The van der Waals surface area contributed by atoms with E-state index in [-0.39, 0.29) is 11.9 Å². The molecule has 1 aromatic heterocycles. The summed E-state index contributed by atoms with van der Waals surface area (Å²) in [7, 11) is 1.59. The number of carbonyl (C=O) groups is 1. The van der Waals surface area contributed by atoms with Crippen LogP contribution in [0.1, 0.15) is 37.4 Å². The number of rotatable bonds is 4. The van der Waals surface area contributed by atoms with Gasteiger partial charge < -0.3 is 24.2 Å². The minimum Gasteiger partial charge on any atom is -0.389 e.